The molecule has 0 saturated heterocycles. The lowest BCUT2D eigenvalue weighted by atomic mass is 10.2. The van der Waals surface area contributed by atoms with Crippen molar-refractivity contribution in [2.45, 2.75) is 26.4 Å². The number of hydrogen-bond acceptors (Lipinski definition) is 5. The third-order valence-corrected chi connectivity index (χ3v) is 3.13. The third-order valence-electron chi connectivity index (χ3n) is 3.13. The predicted octanol–water partition coefficient (Wildman–Crippen LogP) is 4.25. The molecule has 0 spiro atoms. The van der Waals surface area contributed by atoms with Gasteiger partial charge in [0.15, 0.2) is 0 Å². The van der Waals surface area contributed by atoms with E-state index in [1.807, 2.05) is 75.4 Å². The number of aromatic nitrogens is 2. The lowest BCUT2D eigenvalue weighted by Crippen LogP contribution is -2.24. The normalized spacial score (nSPS) is 11.8. The number of benzene rings is 2. The molecule has 24 heavy (non-hydrogen) atoms. The Bertz CT molecular complexity index is 854. The van der Waals surface area contributed by atoms with Crippen LogP contribution < -0.4 is 10.2 Å². The van der Waals surface area contributed by atoms with E-state index in [-0.39, 0.29) is 5.60 Å². The summed E-state index contributed by atoms with van der Waals surface area (Å²) in [7, 11) is 0. The number of nitrogens with one attached hydrogen (secondary N) is 1. The predicted molar refractivity (Wildman–Crippen MR) is 97.6 cm³/mol. The minimum atomic E-state index is -0.378. The van der Waals surface area contributed by atoms with Crippen molar-refractivity contribution in [1.82, 2.24) is 9.97 Å². The first kappa shape index (κ1) is 15.9. The molecule has 1 aromatic heterocycles. The highest BCUT2D eigenvalue weighted by molar-refractivity contribution is 5.81. The van der Waals surface area contributed by atoms with Crippen molar-refractivity contribution >= 4 is 23.1 Å². The maximum atomic E-state index is 5.93. The first-order valence-corrected chi connectivity index (χ1v) is 7.81. The van der Waals surface area contributed by atoms with Crippen LogP contribution in [-0.2, 0) is 0 Å². The topological polar surface area (TPSA) is 59.4 Å². The van der Waals surface area contributed by atoms with E-state index in [2.05, 4.69) is 20.5 Å². The lowest BCUT2D eigenvalue weighted by Gasteiger charge is -2.21. The summed E-state index contributed by atoms with van der Waals surface area (Å²) in [6.07, 6.45) is 1.73. The number of ether oxygens (including phenoxy) is 1. The Morgan fingerprint density at radius 2 is 1.54 bits per heavy atom. The lowest BCUT2D eigenvalue weighted by molar-refractivity contribution is 0.125. The maximum absolute atomic E-state index is 5.93. The number of anilines is 1. The van der Waals surface area contributed by atoms with Crippen LogP contribution in [0.4, 0.5) is 5.82 Å². The number of rotatable bonds is 4. The molecule has 5 nitrogen and oxygen atoms in total. The average Bonchev–Trinajstić information content (AvgIpc) is 2.55. The molecule has 1 heterocycles. The number of fused-ring (bicyclic) bond motifs is 1. The third kappa shape index (κ3) is 4.07. The quantitative estimate of drug-likeness (QED) is 0.576. The van der Waals surface area contributed by atoms with Gasteiger partial charge in [-0.2, -0.15) is 5.10 Å². The number of nitrogens with zero attached hydrogens (tertiary/aromatic N) is 3. The zero-order chi connectivity index (χ0) is 17.0. The molecule has 0 radical (unpaired) electrons. The van der Waals surface area contributed by atoms with Gasteiger partial charge in [-0.25, -0.2) is 9.97 Å². The van der Waals surface area contributed by atoms with E-state index in [1.54, 1.807) is 6.21 Å². The average molecular weight is 320 g/mol. The summed E-state index contributed by atoms with van der Waals surface area (Å²) in [6.45, 7) is 5.92. The second-order valence-corrected chi connectivity index (χ2v) is 6.36. The summed E-state index contributed by atoms with van der Waals surface area (Å²) < 4.78 is 5.93. The van der Waals surface area contributed by atoms with Crippen LogP contribution in [0.15, 0.2) is 59.7 Å². The van der Waals surface area contributed by atoms with Crippen molar-refractivity contribution in [2.75, 3.05) is 5.43 Å². The molecule has 3 rings (SSSR count). The van der Waals surface area contributed by atoms with Crippen LogP contribution >= 0.6 is 0 Å². The van der Waals surface area contributed by atoms with Gasteiger partial charge in [-0.15, -0.1) is 0 Å². The zero-order valence-corrected chi connectivity index (χ0v) is 14.0. The summed E-state index contributed by atoms with van der Waals surface area (Å²) >= 11 is 0. The van der Waals surface area contributed by atoms with Crippen molar-refractivity contribution in [3.63, 3.8) is 0 Å². The molecule has 0 bridgehead atoms. The minimum Gasteiger partial charge on any atom is -0.469 e. The van der Waals surface area contributed by atoms with E-state index in [9.17, 15) is 0 Å². The Kier molecular flexibility index (Phi) is 4.42. The van der Waals surface area contributed by atoms with Gasteiger partial charge in [0.2, 0.25) is 5.82 Å². The van der Waals surface area contributed by atoms with Gasteiger partial charge in [0, 0.05) is 0 Å². The number of para-hydroxylation sites is 2. The first-order valence-electron chi connectivity index (χ1n) is 7.81. The van der Waals surface area contributed by atoms with Gasteiger partial charge in [-0.3, -0.25) is 5.43 Å². The van der Waals surface area contributed by atoms with Gasteiger partial charge in [-0.1, -0.05) is 42.5 Å². The molecule has 3 aromatic rings. The van der Waals surface area contributed by atoms with E-state index in [0.29, 0.717) is 11.7 Å². The standard InChI is InChI=1S/C19H20N4O/c1-19(2,3)24-18-17(21-15-11-7-8-12-16(15)22-18)23-20-13-14-9-5-4-6-10-14/h4-13H,1-3H3,(H,21,23)/b20-13+. The fraction of sp³-hybridized carbons (Fsp3) is 0.211. The van der Waals surface area contributed by atoms with E-state index in [4.69, 9.17) is 4.74 Å². The van der Waals surface area contributed by atoms with Crippen molar-refractivity contribution in [3.05, 3.63) is 60.2 Å². The van der Waals surface area contributed by atoms with Gasteiger partial charge in [-0.05, 0) is 38.5 Å². The van der Waals surface area contributed by atoms with E-state index >= 15 is 0 Å². The Hall–Kier alpha value is -2.95. The largest absolute Gasteiger partial charge is 0.469 e. The molecule has 2 aromatic carbocycles. The number of hydrogen-bond donors (Lipinski definition) is 1. The van der Waals surface area contributed by atoms with E-state index < -0.39 is 0 Å². The highest BCUT2D eigenvalue weighted by atomic mass is 16.5. The van der Waals surface area contributed by atoms with Crippen LogP contribution in [0, 0.1) is 0 Å². The second-order valence-electron chi connectivity index (χ2n) is 6.36. The highest BCUT2D eigenvalue weighted by Gasteiger charge is 2.18. The van der Waals surface area contributed by atoms with Crippen molar-refractivity contribution in [1.29, 1.82) is 0 Å². The minimum absolute atomic E-state index is 0.378. The molecule has 0 unspecified atom stereocenters. The SMILES string of the molecule is CC(C)(C)Oc1nc2ccccc2nc1N/N=C/c1ccccc1. The molecule has 0 aliphatic carbocycles. The summed E-state index contributed by atoms with van der Waals surface area (Å²) in [5.74, 6) is 0.933. The van der Waals surface area contributed by atoms with Crippen LogP contribution in [0.25, 0.3) is 11.0 Å². The van der Waals surface area contributed by atoms with Crippen molar-refractivity contribution < 1.29 is 4.74 Å². The molecule has 0 amide bonds. The Balaban J connectivity index is 1.92. The smallest absolute Gasteiger partial charge is 0.260 e. The molecule has 0 saturated carbocycles. The molecule has 122 valence electrons. The van der Waals surface area contributed by atoms with Crippen LogP contribution in [0.1, 0.15) is 26.3 Å². The van der Waals surface area contributed by atoms with Gasteiger partial charge >= 0.3 is 0 Å². The summed E-state index contributed by atoms with van der Waals surface area (Å²) in [6, 6.07) is 17.5. The Labute approximate surface area is 141 Å². The molecule has 0 atom stereocenters. The molecule has 0 fully saturated rings. The fourth-order valence-electron chi connectivity index (χ4n) is 2.12. The molecule has 0 aliphatic heterocycles. The Morgan fingerprint density at radius 3 is 2.21 bits per heavy atom. The van der Waals surface area contributed by atoms with Gasteiger partial charge in [0.1, 0.15) is 5.60 Å². The first-order chi connectivity index (χ1) is 11.5. The van der Waals surface area contributed by atoms with Gasteiger partial charge < -0.3 is 4.74 Å². The molecule has 1 N–H and O–H groups in total. The van der Waals surface area contributed by atoms with Crippen LogP contribution in [0.2, 0.25) is 0 Å². The second kappa shape index (κ2) is 6.66. The highest BCUT2D eigenvalue weighted by Crippen LogP contribution is 2.26. The molecule has 0 aliphatic rings. The summed E-state index contributed by atoms with van der Waals surface area (Å²) in [4.78, 5) is 9.14. The fourth-order valence-corrected chi connectivity index (χ4v) is 2.12. The summed E-state index contributed by atoms with van der Waals surface area (Å²) in [5, 5.41) is 4.25. The van der Waals surface area contributed by atoms with Crippen LogP contribution in [-0.4, -0.2) is 21.8 Å². The van der Waals surface area contributed by atoms with Gasteiger partial charge in [0.05, 0.1) is 17.2 Å². The van der Waals surface area contributed by atoms with Crippen molar-refractivity contribution in [2.24, 2.45) is 5.10 Å². The Morgan fingerprint density at radius 1 is 0.917 bits per heavy atom. The van der Waals surface area contributed by atoms with E-state index in [0.717, 1.165) is 16.6 Å². The van der Waals surface area contributed by atoms with Gasteiger partial charge in [0.25, 0.3) is 5.88 Å². The summed E-state index contributed by atoms with van der Waals surface area (Å²) in [5.41, 5.74) is 5.14. The zero-order valence-electron chi connectivity index (χ0n) is 14.0. The molecular formula is C19H20N4O. The molecular weight excluding hydrogens is 300 g/mol. The van der Waals surface area contributed by atoms with Crippen LogP contribution in [0.5, 0.6) is 5.88 Å². The van der Waals surface area contributed by atoms with E-state index in [1.165, 1.54) is 0 Å². The monoisotopic (exact) mass is 320 g/mol. The van der Waals surface area contributed by atoms with Crippen LogP contribution in [0.3, 0.4) is 0 Å². The number of hydrazone groups is 1. The maximum Gasteiger partial charge on any atom is 0.260 e. The van der Waals surface area contributed by atoms with Crippen molar-refractivity contribution in [3.8, 4) is 5.88 Å². The molecule has 5 heteroatoms.